The standard InChI is InChI=1S/C28H22FN3O3S2/c1-2-35-22-13-11-21(12-14-22)32-27(34)25(37-28(32)36)15-18-16-31(24-6-4-3-5-23(18)24)17-26(33)30-20-9-7-19(29)8-10-20/h3-16H,2,17H2,1H3,(H,30,33)/b25-15-. The van der Waals surface area contributed by atoms with Gasteiger partial charge in [-0.1, -0.05) is 42.2 Å². The molecule has 0 bridgehead atoms. The van der Waals surface area contributed by atoms with E-state index in [1.807, 2.05) is 72.3 Å². The highest BCUT2D eigenvalue weighted by molar-refractivity contribution is 8.27. The first-order valence-corrected chi connectivity index (χ1v) is 12.8. The minimum Gasteiger partial charge on any atom is -0.494 e. The van der Waals surface area contributed by atoms with Gasteiger partial charge in [0.15, 0.2) is 4.32 Å². The van der Waals surface area contributed by atoms with Gasteiger partial charge in [-0.2, -0.15) is 0 Å². The number of nitrogens with zero attached hydrogens (tertiary/aromatic N) is 2. The van der Waals surface area contributed by atoms with Crippen LogP contribution in [0.3, 0.4) is 0 Å². The Kier molecular flexibility index (Phi) is 7.07. The molecule has 0 spiro atoms. The fourth-order valence-corrected chi connectivity index (χ4v) is 5.39. The first-order valence-electron chi connectivity index (χ1n) is 11.6. The van der Waals surface area contributed by atoms with Crippen LogP contribution >= 0.6 is 24.0 Å². The molecule has 186 valence electrons. The topological polar surface area (TPSA) is 63.6 Å². The maximum absolute atomic E-state index is 13.3. The van der Waals surface area contributed by atoms with Gasteiger partial charge in [0.25, 0.3) is 5.91 Å². The molecule has 0 radical (unpaired) electrons. The highest BCUT2D eigenvalue weighted by Crippen LogP contribution is 2.37. The van der Waals surface area contributed by atoms with Crippen molar-refractivity contribution in [3.63, 3.8) is 0 Å². The lowest BCUT2D eigenvalue weighted by Gasteiger charge is -2.15. The van der Waals surface area contributed by atoms with Crippen molar-refractivity contribution >= 4 is 68.5 Å². The van der Waals surface area contributed by atoms with Crippen molar-refractivity contribution in [2.45, 2.75) is 13.5 Å². The van der Waals surface area contributed by atoms with E-state index >= 15 is 0 Å². The van der Waals surface area contributed by atoms with Gasteiger partial charge < -0.3 is 14.6 Å². The van der Waals surface area contributed by atoms with Crippen LogP contribution in [-0.2, 0) is 16.1 Å². The van der Waals surface area contributed by atoms with E-state index in [2.05, 4.69) is 5.32 Å². The number of halogens is 1. The van der Waals surface area contributed by atoms with E-state index in [1.165, 1.54) is 40.9 Å². The Morgan fingerprint density at radius 2 is 1.81 bits per heavy atom. The summed E-state index contributed by atoms with van der Waals surface area (Å²) in [5.74, 6) is -0.0960. The summed E-state index contributed by atoms with van der Waals surface area (Å²) in [7, 11) is 0. The fourth-order valence-electron chi connectivity index (χ4n) is 4.10. The number of rotatable bonds is 7. The Morgan fingerprint density at radius 3 is 2.54 bits per heavy atom. The second-order valence-corrected chi connectivity index (χ2v) is 9.90. The molecule has 0 aliphatic carbocycles. The summed E-state index contributed by atoms with van der Waals surface area (Å²) >= 11 is 6.76. The van der Waals surface area contributed by atoms with E-state index in [-0.39, 0.29) is 24.2 Å². The van der Waals surface area contributed by atoms with E-state index in [0.29, 0.717) is 27.2 Å². The van der Waals surface area contributed by atoms with Crippen LogP contribution in [0.15, 0.2) is 83.9 Å². The molecule has 4 aromatic rings. The SMILES string of the molecule is CCOc1ccc(N2C(=O)/C(=C/c3cn(CC(=O)Nc4ccc(F)cc4)c4ccccc34)SC2=S)cc1. The van der Waals surface area contributed by atoms with Crippen LogP contribution in [0.4, 0.5) is 15.8 Å². The average Bonchev–Trinajstić information content (AvgIpc) is 3.37. The molecule has 9 heteroatoms. The molecule has 1 aliphatic rings. The Labute approximate surface area is 222 Å². The van der Waals surface area contributed by atoms with E-state index < -0.39 is 0 Å². The zero-order valence-electron chi connectivity index (χ0n) is 19.8. The van der Waals surface area contributed by atoms with Gasteiger partial charge in [0, 0.05) is 28.4 Å². The summed E-state index contributed by atoms with van der Waals surface area (Å²) in [5.41, 5.74) is 2.85. The number of thioether (sulfide) groups is 1. The molecule has 0 atom stereocenters. The van der Waals surface area contributed by atoms with Crippen LogP contribution in [-0.4, -0.2) is 27.3 Å². The number of carbonyl (C=O) groups is 2. The highest BCUT2D eigenvalue weighted by atomic mass is 32.2. The second-order valence-electron chi connectivity index (χ2n) is 8.23. The van der Waals surface area contributed by atoms with Crippen LogP contribution in [0.5, 0.6) is 5.75 Å². The van der Waals surface area contributed by atoms with Gasteiger partial charge in [-0.15, -0.1) is 0 Å². The number of amides is 2. The number of hydrogen-bond acceptors (Lipinski definition) is 5. The number of benzene rings is 3. The zero-order valence-corrected chi connectivity index (χ0v) is 21.4. The van der Waals surface area contributed by atoms with E-state index in [0.717, 1.165) is 22.2 Å². The molecule has 1 aromatic heterocycles. The van der Waals surface area contributed by atoms with Crippen LogP contribution in [0.1, 0.15) is 12.5 Å². The number of carbonyl (C=O) groups excluding carboxylic acids is 2. The van der Waals surface area contributed by atoms with Crippen molar-refractivity contribution in [3.05, 3.63) is 95.3 Å². The van der Waals surface area contributed by atoms with Crippen molar-refractivity contribution in [2.75, 3.05) is 16.8 Å². The van der Waals surface area contributed by atoms with Crippen molar-refractivity contribution in [1.82, 2.24) is 4.57 Å². The van der Waals surface area contributed by atoms with Gasteiger partial charge in [0.1, 0.15) is 18.1 Å². The minimum atomic E-state index is -0.369. The lowest BCUT2D eigenvalue weighted by molar-refractivity contribution is -0.116. The van der Waals surface area contributed by atoms with Crippen LogP contribution < -0.4 is 15.0 Å². The van der Waals surface area contributed by atoms with Crippen molar-refractivity contribution in [1.29, 1.82) is 0 Å². The molecule has 1 N–H and O–H groups in total. The predicted octanol–water partition coefficient (Wildman–Crippen LogP) is 6.22. The summed E-state index contributed by atoms with van der Waals surface area (Å²) in [5, 5.41) is 3.69. The third-order valence-electron chi connectivity index (χ3n) is 5.75. The summed E-state index contributed by atoms with van der Waals surface area (Å²) in [6.45, 7) is 2.53. The quantitative estimate of drug-likeness (QED) is 0.227. The fraction of sp³-hybridized carbons (Fsp3) is 0.107. The summed E-state index contributed by atoms with van der Waals surface area (Å²) in [4.78, 5) is 28.0. The molecular weight excluding hydrogens is 509 g/mol. The number of fused-ring (bicyclic) bond motifs is 1. The normalized spacial score (nSPS) is 14.5. The molecule has 5 rings (SSSR count). The van der Waals surface area contributed by atoms with E-state index in [1.54, 1.807) is 0 Å². The van der Waals surface area contributed by atoms with Crippen molar-refractivity contribution < 1.29 is 18.7 Å². The minimum absolute atomic E-state index is 0.0544. The van der Waals surface area contributed by atoms with Gasteiger partial charge >= 0.3 is 0 Å². The van der Waals surface area contributed by atoms with Crippen LogP contribution in [0, 0.1) is 5.82 Å². The second kappa shape index (κ2) is 10.6. The maximum Gasteiger partial charge on any atom is 0.270 e. The Morgan fingerprint density at radius 1 is 1.08 bits per heavy atom. The van der Waals surface area contributed by atoms with Gasteiger partial charge in [0.05, 0.1) is 17.2 Å². The lowest BCUT2D eigenvalue weighted by Crippen LogP contribution is -2.27. The smallest absolute Gasteiger partial charge is 0.270 e. The molecule has 0 unspecified atom stereocenters. The van der Waals surface area contributed by atoms with Gasteiger partial charge in [0.2, 0.25) is 5.91 Å². The molecular formula is C28H22FN3O3S2. The molecule has 1 saturated heterocycles. The maximum atomic E-state index is 13.3. The third kappa shape index (κ3) is 5.28. The summed E-state index contributed by atoms with van der Waals surface area (Å²) in [6.07, 6.45) is 3.66. The first-order chi connectivity index (χ1) is 17.9. The largest absolute Gasteiger partial charge is 0.494 e. The molecule has 37 heavy (non-hydrogen) atoms. The molecule has 1 aliphatic heterocycles. The zero-order chi connectivity index (χ0) is 25.9. The number of anilines is 2. The van der Waals surface area contributed by atoms with E-state index in [4.69, 9.17) is 17.0 Å². The monoisotopic (exact) mass is 531 g/mol. The molecule has 2 heterocycles. The van der Waals surface area contributed by atoms with Crippen molar-refractivity contribution in [2.24, 2.45) is 0 Å². The van der Waals surface area contributed by atoms with Crippen LogP contribution in [0.2, 0.25) is 0 Å². The number of aromatic nitrogens is 1. The lowest BCUT2D eigenvalue weighted by atomic mass is 10.1. The Bertz CT molecular complexity index is 1530. The number of nitrogens with one attached hydrogen (secondary N) is 1. The van der Waals surface area contributed by atoms with Crippen LogP contribution in [0.25, 0.3) is 17.0 Å². The molecule has 6 nitrogen and oxygen atoms in total. The molecule has 3 aromatic carbocycles. The number of ether oxygens (including phenoxy) is 1. The summed E-state index contributed by atoms with van der Waals surface area (Å²) in [6, 6.07) is 20.5. The molecule has 2 amide bonds. The number of hydrogen-bond donors (Lipinski definition) is 1. The number of para-hydroxylation sites is 1. The highest BCUT2D eigenvalue weighted by Gasteiger charge is 2.33. The number of thiocarbonyl (C=S) groups is 1. The Hall–Kier alpha value is -3.95. The Balaban J connectivity index is 1.40. The summed E-state index contributed by atoms with van der Waals surface area (Å²) < 4.78 is 20.9. The molecule has 0 saturated carbocycles. The van der Waals surface area contributed by atoms with Gasteiger partial charge in [-0.05, 0) is 67.6 Å². The first kappa shape index (κ1) is 24.7. The van der Waals surface area contributed by atoms with Gasteiger partial charge in [-0.3, -0.25) is 14.5 Å². The van der Waals surface area contributed by atoms with E-state index in [9.17, 15) is 14.0 Å². The predicted molar refractivity (Wildman–Crippen MR) is 150 cm³/mol. The van der Waals surface area contributed by atoms with Gasteiger partial charge in [-0.25, -0.2) is 4.39 Å². The van der Waals surface area contributed by atoms with Crippen molar-refractivity contribution in [3.8, 4) is 5.75 Å². The average molecular weight is 532 g/mol. The molecule has 1 fully saturated rings. The third-order valence-corrected chi connectivity index (χ3v) is 7.05.